The number of benzene rings is 2. The zero-order valence-corrected chi connectivity index (χ0v) is 14.9. The van der Waals surface area contributed by atoms with Gasteiger partial charge in [-0.05, 0) is 51.1 Å². The van der Waals surface area contributed by atoms with E-state index in [-0.39, 0.29) is 5.69 Å². The Kier molecular flexibility index (Phi) is 4.39. The van der Waals surface area contributed by atoms with E-state index in [4.69, 9.17) is 21.3 Å². The van der Waals surface area contributed by atoms with Gasteiger partial charge in [0.1, 0.15) is 5.75 Å². The third-order valence-electron chi connectivity index (χ3n) is 3.99. The number of nitro benzene ring substituents is 1. The second-order valence-corrected chi connectivity index (χ2v) is 6.61. The summed E-state index contributed by atoms with van der Waals surface area (Å²) < 4.78 is 8.17. The molecule has 1 aromatic heterocycles. The molecule has 0 aliphatic carbocycles. The lowest BCUT2D eigenvalue weighted by Gasteiger charge is -2.26. The average Bonchev–Trinajstić information content (AvgIpc) is 2.93. The van der Waals surface area contributed by atoms with Crippen LogP contribution in [0.25, 0.3) is 11.0 Å². The molecule has 0 unspecified atom stereocenters. The molecule has 0 aliphatic heterocycles. The minimum Gasteiger partial charge on any atom is -0.480 e. The molecular weight excluding hydrogens is 342 g/mol. The minimum atomic E-state index is -0.725. The number of imidazole rings is 1. The third kappa shape index (κ3) is 3.30. The lowest BCUT2D eigenvalue weighted by molar-refractivity contribution is -0.384. The van der Waals surface area contributed by atoms with E-state index in [0.29, 0.717) is 10.8 Å². The van der Waals surface area contributed by atoms with Crippen molar-refractivity contribution in [3.63, 3.8) is 0 Å². The van der Waals surface area contributed by atoms with Crippen molar-refractivity contribution < 1.29 is 9.66 Å². The van der Waals surface area contributed by atoms with Gasteiger partial charge in [0.15, 0.2) is 11.4 Å². The molecule has 0 atom stereocenters. The monoisotopic (exact) mass is 359 g/mol. The molecule has 3 rings (SSSR count). The molecule has 7 heteroatoms. The van der Waals surface area contributed by atoms with Crippen LogP contribution in [0.3, 0.4) is 0 Å². The molecule has 25 heavy (non-hydrogen) atoms. The maximum Gasteiger partial charge on any atom is 0.269 e. The van der Waals surface area contributed by atoms with Gasteiger partial charge in [0.2, 0.25) is 0 Å². The summed E-state index contributed by atoms with van der Waals surface area (Å²) in [6.07, 6.45) is 0. The van der Waals surface area contributed by atoms with Crippen LogP contribution in [-0.2, 0) is 12.1 Å². The first-order chi connectivity index (χ1) is 11.8. The number of ether oxygens (including phenoxy) is 1. The van der Waals surface area contributed by atoms with E-state index in [1.165, 1.54) is 12.1 Å². The first-order valence-electron chi connectivity index (χ1n) is 7.91. The molecule has 0 fully saturated rings. The maximum atomic E-state index is 10.8. The molecule has 0 saturated heterocycles. The fourth-order valence-corrected chi connectivity index (χ4v) is 3.03. The molecular formula is C18H18ClN3O3. The van der Waals surface area contributed by atoms with Crippen LogP contribution in [0.4, 0.5) is 5.69 Å². The highest BCUT2D eigenvalue weighted by molar-refractivity contribution is 6.31. The summed E-state index contributed by atoms with van der Waals surface area (Å²) in [7, 11) is 0. The van der Waals surface area contributed by atoms with Crippen LogP contribution in [0, 0.1) is 10.1 Å². The third-order valence-corrected chi connectivity index (χ3v) is 4.22. The highest BCUT2D eigenvalue weighted by Crippen LogP contribution is 2.31. The number of halogens is 1. The highest BCUT2D eigenvalue weighted by Gasteiger charge is 2.29. The molecule has 0 bridgehead atoms. The summed E-state index contributed by atoms with van der Waals surface area (Å²) in [5.41, 5.74) is 1.10. The predicted octanol–water partition coefficient (Wildman–Crippen LogP) is 4.93. The average molecular weight is 360 g/mol. The van der Waals surface area contributed by atoms with E-state index < -0.39 is 10.5 Å². The standard InChI is InChI=1S/C18H18ClN3O3/c1-4-21-16-10-5-12(19)11-15(16)20-17(21)18(2,3)25-14-8-6-13(7-9-14)22(23)24/h5-11H,4H2,1-3H3. The summed E-state index contributed by atoms with van der Waals surface area (Å²) in [5, 5.41) is 11.4. The van der Waals surface area contributed by atoms with Crippen LogP contribution in [0.15, 0.2) is 42.5 Å². The summed E-state index contributed by atoms with van der Waals surface area (Å²) in [5.74, 6) is 1.31. The van der Waals surface area contributed by atoms with Gasteiger partial charge >= 0.3 is 0 Å². The van der Waals surface area contributed by atoms with E-state index in [1.54, 1.807) is 12.1 Å². The lowest BCUT2D eigenvalue weighted by atomic mass is 10.1. The van der Waals surface area contributed by atoms with Gasteiger partial charge in [0, 0.05) is 23.7 Å². The van der Waals surface area contributed by atoms with Crippen LogP contribution >= 0.6 is 11.6 Å². The lowest BCUT2D eigenvalue weighted by Crippen LogP contribution is -2.29. The van der Waals surface area contributed by atoms with Crippen LogP contribution in [-0.4, -0.2) is 14.5 Å². The van der Waals surface area contributed by atoms with Crippen LogP contribution in [0.1, 0.15) is 26.6 Å². The Labute approximate surface area is 150 Å². The Hall–Kier alpha value is -2.60. The summed E-state index contributed by atoms with van der Waals surface area (Å²) in [6.45, 7) is 6.62. The molecule has 0 spiro atoms. The Bertz CT molecular complexity index is 933. The van der Waals surface area contributed by atoms with E-state index in [0.717, 1.165) is 23.4 Å². The minimum absolute atomic E-state index is 0.0283. The van der Waals surface area contributed by atoms with Crippen molar-refractivity contribution in [2.75, 3.05) is 0 Å². The summed E-state index contributed by atoms with van der Waals surface area (Å²) in [4.78, 5) is 15.0. The van der Waals surface area contributed by atoms with Crippen molar-refractivity contribution in [2.45, 2.75) is 32.9 Å². The first kappa shape index (κ1) is 17.2. The Morgan fingerprint density at radius 1 is 1.24 bits per heavy atom. The van der Waals surface area contributed by atoms with Crippen molar-refractivity contribution >= 4 is 28.3 Å². The number of non-ortho nitro benzene ring substituents is 1. The number of aryl methyl sites for hydroxylation is 1. The van der Waals surface area contributed by atoms with E-state index in [1.807, 2.05) is 39.0 Å². The van der Waals surface area contributed by atoms with Crippen molar-refractivity contribution in [1.29, 1.82) is 0 Å². The van der Waals surface area contributed by atoms with Crippen LogP contribution < -0.4 is 4.74 Å². The van der Waals surface area contributed by atoms with Crippen LogP contribution in [0.2, 0.25) is 5.02 Å². The summed E-state index contributed by atoms with van der Waals surface area (Å²) >= 11 is 6.07. The smallest absolute Gasteiger partial charge is 0.269 e. The van der Waals surface area contributed by atoms with E-state index in [9.17, 15) is 10.1 Å². The van der Waals surface area contributed by atoms with Gasteiger partial charge in [-0.25, -0.2) is 4.98 Å². The fraction of sp³-hybridized carbons (Fsp3) is 0.278. The predicted molar refractivity (Wildman–Crippen MR) is 97.2 cm³/mol. The first-order valence-corrected chi connectivity index (χ1v) is 8.29. The number of hydrogen-bond acceptors (Lipinski definition) is 4. The molecule has 0 amide bonds. The molecule has 130 valence electrons. The zero-order chi connectivity index (χ0) is 18.2. The van der Waals surface area contributed by atoms with Gasteiger partial charge in [-0.2, -0.15) is 0 Å². The van der Waals surface area contributed by atoms with Gasteiger partial charge in [-0.3, -0.25) is 10.1 Å². The number of hydrogen-bond donors (Lipinski definition) is 0. The van der Waals surface area contributed by atoms with E-state index >= 15 is 0 Å². The van der Waals surface area contributed by atoms with Crippen molar-refractivity contribution in [1.82, 2.24) is 9.55 Å². The molecule has 0 radical (unpaired) electrons. The molecule has 2 aromatic carbocycles. The number of aromatic nitrogens is 2. The van der Waals surface area contributed by atoms with Gasteiger partial charge in [0.05, 0.1) is 16.0 Å². The summed E-state index contributed by atoms with van der Waals surface area (Å²) in [6, 6.07) is 11.6. The molecule has 6 nitrogen and oxygen atoms in total. The highest BCUT2D eigenvalue weighted by atomic mass is 35.5. The van der Waals surface area contributed by atoms with Crippen molar-refractivity contribution in [2.24, 2.45) is 0 Å². The van der Waals surface area contributed by atoms with Gasteiger partial charge in [-0.1, -0.05) is 11.6 Å². The molecule has 0 saturated carbocycles. The number of rotatable bonds is 5. The van der Waals surface area contributed by atoms with Crippen molar-refractivity contribution in [3.05, 3.63) is 63.4 Å². The van der Waals surface area contributed by atoms with Gasteiger partial charge < -0.3 is 9.30 Å². The van der Waals surface area contributed by atoms with Gasteiger partial charge in [0.25, 0.3) is 5.69 Å². The second kappa shape index (κ2) is 6.37. The van der Waals surface area contributed by atoms with Crippen LogP contribution in [0.5, 0.6) is 5.75 Å². The van der Waals surface area contributed by atoms with Crippen molar-refractivity contribution in [3.8, 4) is 5.75 Å². The topological polar surface area (TPSA) is 70.2 Å². The second-order valence-electron chi connectivity index (χ2n) is 6.18. The van der Waals surface area contributed by atoms with E-state index in [2.05, 4.69) is 4.57 Å². The number of nitrogens with zero attached hydrogens (tertiary/aromatic N) is 3. The zero-order valence-electron chi connectivity index (χ0n) is 14.2. The number of fused-ring (bicyclic) bond motifs is 1. The SMILES string of the molecule is CCn1c(C(C)(C)Oc2ccc([N+](=O)[O-])cc2)nc2cc(Cl)ccc21. The Morgan fingerprint density at radius 2 is 1.92 bits per heavy atom. The van der Waals surface area contributed by atoms with Gasteiger partial charge in [-0.15, -0.1) is 0 Å². The normalized spacial score (nSPS) is 11.7. The molecule has 0 aliphatic rings. The quantitative estimate of drug-likeness (QED) is 0.478. The fourth-order valence-electron chi connectivity index (χ4n) is 2.86. The Balaban J connectivity index is 1.98. The Morgan fingerprint density at radius 3 is 2.52 bits per heavy atom. The molecule has 1 heterocycles. The molecule has 0 N–H and O–H groups in total. The molecule has 3 aromatic rings. The maximum absolute atomic E-state index is 10.8. The largest absolute Gasteiger partial charge is 0.480 e. The number of nitro groups is 1.